The van der Waals surface area contributed by atoms with E-state index in [1.54, 1.807) is 11.1 Å². The minimum absolute atomic E-state index is 0.0164. The molecule has 15 aromatic rings. The van der Waals surface area contributed by atoms with Gasteiger partial charge in [-0.1, -0.05) is 294 Å². The maximum absolute atomic E-state index is 6.16. The SMILES string of the molecule is CC1(C)c2ccccc2-c2ccc(N(c3ccc(N(c4ccccc4)c4ccc(C56CC7CC(CC(C7)C5)C6)cc4)cc3)c3ccccc3-c3ccccc3)cc21.CC1(C)c2ccccc2-c2ccc(Nc3ccccc3-c3ccccc3)cc21.Cc1ccccc1.Clc1ccc(N(c2ccccc2)c2ccc(C34CC5CC(CC(C5)C3)C4)cc2)cc1. The fourth-order valence-electron chi connectivity index (χ4n) is 24.0. The minimum atomic E-state index is -0.0994. The Morgan fingerprint density at radius 1 is 0.262 bits per heavy atom. The number of halogens is 1. The summed E-state index contributed by atoms with van der Waals surface area (Å²) in [5.74, 6) is 5.75. The first-order valence-corrected chi connectivity index (χ1v) is 45.2. The molecule has 8 bridgehead atoms. The third kappa shape index (κ3) is 15.3. The van der Waals surface area contributed by atoms with E-state index in [2.05, 4.69) is 406 Å². The molecule has 10 aliphatic carbocycles. The zero-order chi connectivity index (χ0) is 82.5. The van der Waals surface area contributed by atoms with Gasteiger partial charge in [-0.25, -0.2) is 0 Å². The van der Waals surface area contributed by atoms with Gasteiger partial charge in [-0.05, 0) is 331 Å². The number of nitrogens with zero attached hydrogens (tertiary/aromatic N) is 3. The molecule has 0 radical (unpaired) electrons. The first-order valence-electron chi connectivity index (χ1n) is 44.8. The number of aryl methyl sites for hydroxylation is 1. The summed E-state index contributed by atoms with van der Waals surface area (Å²) in [6, 6.07) is 139. The molecule has 604 valence electrons. The lowest BCUT2D eigenvalue weighted by Crippen LogP contribution is -2.48. The number of hydrogen-bond donors (Lipinski definition) is 1. The van der Waals surface area contributed by atoms with Gasteiger partial charge in [0, 0.05) is 83.9 Å². The van der Waals surface area contributed by atoms with Gasteiger partial charge in [0.25, 0.3) is 0 Å². The van der Waals surface area contributed by atoms with Crippen molar-refractivity contribution in [1.29, 1.82) is 0 Å². The fourth-order valence-corrected chi connectivity index (χ4v) is 24.1. The van der Waals surface area contributed by atoms with Gasteiger partial charge in [-0.3, -0.25) is 0 Å². The van der Waals surface area contributed by atoms with Crippen molar-refractivity contribution in [2.24, 2.45) is 35.5 Å². The van der Waals surface area contributed by atoms with Crippen LogP contribution in [0.4, 0.5) is 62.6 Å². The summed E-state index contributed by atoms with van der Waals surface area (Å²) in [5.41, 5.74) is 33.7. The molecular weight excluding hydrogens is 1500 g/mol. The average molecular weight is 1610 g/mol. The lowest BCUT2D eigenvalue weighted by Gasteiger charge is -2.57. The molecule has 15 aromatic carbocycles. The molecule has 0 heterocycles. The number of hydrogen-bond acceptors (Lipinski definition) is 4. The van der Waals surface area contributed by atoms with Gasteiger partial charge < -0.3 is 20.0 Å². The van der Waals surface area contributed by atoms with E-state index < -0.39 is 0 Å². The maximum Gasteiger partial charge on any atom is 0.0540 e. The lowest BCUT2D eigenvalue weighted by molar-refractivity contribution is -0.00530. The van der Waals surface area contributed by atoms with Crippen LogP contribution in [0, 0.1) is 42.4 Å². The Bertz CT molecular complexity index is 6110. The number of anilines is 11. The van der Waals surface area contributed by atoms with E-state index in [9.17, 15) is 0 Å². The summed E-state index contributed by atoms with van der Waals surface area (Å²) < 4.78 is 0. The monoisotopic (exact) mass is 1600 g/mol. The summed E-state index contributed by atoms with van der Waals surface area (Å²) in [4.78, 5) is 7.20. The molecule has 1 N–H and O–H groups in total. The van der Waals surface area contributed by atoms with Crippen LogP contribution in [0.1, 0.15) is 144 Å². The largest absolute Gasteiger partial charge is 0.355 e. The van der Waals surface area contributed by atoms with Crippen molar-refractivity contribution in [3.05, 3.63) is 426 Å². The molecule has 8 saturated carbocycles. The van der Waals surface area contributed by atoms with Gasteiger partial charge in [-0.15, -0.1) is 0 Å². The predicted molar refractivity (Wildman–Crippen MR) is 515 cm³/mol. The van der Waals surface area contributed by atoms with Crippen molar-refractivity contribution in [3.8, 4) is 44.5 Å². The van der Waals surface area contributed by atoms with Crippen molar-refractivity contribution in [1.82, 2.24) is 0 Å². The predicted octanol–water partition coefficient (Wildman–Crippen LogP) is 32.7. The number of rotatable bonds is 15. The molecule has 122 heavy (non-hydrogen) atoms. The number of fused-ring (bicyclic) bond motifs is 6. The lowest BCUT2D eigenvalue weighted by atomic mass is 9.48. The Morgan fingerprint density at radius 2 is 0.574 bits per heavy atom. The van der Waals surface area contributed by atoms with Crippen LogP contribution in [0.3, 0.4) is 0 Å². The fraction of sp³-hybridized carbons (Fsp3) is 0.231. The maximum atomic E-state index is 6.16. The molecule has 8 fully saturated rings. The van der Waals surface area contributed by atoms with Crippen LogP contribution in [-0.4, -0.2) is 0 Å². The van der Waals surface area contributed by atoms with E-state index in [4.69, 9.17) is 11.6 Å². The Balaban J connectivity index is 0.000000122. The van der Waals surface area contributed by atoms with Gasteiger partial charge in [0.1, 0.15) is 0 Å². The molecule has 0 amide bonds. The van der Waals surface area contributed by atoms with Crippen LogP contribution in [0.2, 0.25) is 5.02 Å². The van der Waals surface area contributed by atoms with E-state index in [1.165, 1.54) is 172 Å². The van der Waals surface area contributed by atoms with Gasteiger partial charge in [0.05, 0.1) is 5.69 Å². The molecule has 0 atom stereocenters. The van der Waals surface area contributed by atoms with Crippen molar-refractivity contribution in [3.63, 3.8) is 0 Å². The van der Waals surface area contributed by atoms with Crippen LogP contribution < -0.4 is 20.0 Å². The van der Waals surface area contributed by atoms with Crippen molar-refractivity contribution in [2.75, 3.05) is 20.0 Å². The Labute approximate surface area is 728 Å². The summed E-state index contributed by atoms with van der Waals surface area (Å²) in [6.45, 7) is 11.5. The van der Waals surface area contributed by atoms with Crippen molar-refractivity contribution in [2.45, 2.75) is 133 Å². The third-order valence-corrected chi connectivity index (χ3v) is 29.2. The van der Waals surface area contributed by atoms with Gasteiger partial charge in [0.2, 0.25) is 0 Å². The molecule has 25 rings (SSSR count). The van der Waals surface area contributed by atoms with Gasteiger partial charge in [-0.2, -0.15) is 0 Å². The van der Waals surface area contributed by atoms with Gasteiger partial charge >= 0.3 is 0 Å². The zero-order valence-corrected chi connectivity index (χ0v) is 71.8. The second kappa shape index (κ2) is 33.0. The highest BCUT2D eigenvalue weighted by molar-refractivity contribution is 6.30. The molecule has 5 heteroatoms. The van der Waals surface area contributed by atoms with Crippen LogP contribution in [0.15, 0.2) is 382 Å². The number of nitrogens with one attached hydrogen (secondary N) is 1. The summed E-state index contributed by atoms with van der Waals surface area (Å²) in [7, 11) is 0. The van der Waals surface area contributed by atoms with Crippen LogP contribution in [0.25, 0.3) is 44.5 Å². The highest BCUT2D eigenvalue weighted by Gasteiger charge is 2.53. The van der Waals surface area contributed by atoms with Crippen molar-refractivity contribution < 1.29 is 0 Å². The molecule has 10 aliphatic rings. The molecule has 0 unspecified atom stereocenters. The number of benzene rings is 15. The van der Waals surface area contributed by atoms with E-state index >= 15 is 0 Å². The summed E-state index contributed by atoms with van der Waals surface area (Å²) in [6.07, 6.45) is 17.3. The highest BCUT2D eigenvalue weighted by atomic mass is 35.5. The van der Waals surface area contributed by atoms with Crippen LogP contribution >= 0.6 is 11.6 Å². The molecule has 0 aliphatic heterocycles. The van der Waals surface area contributed by atoms with Crippen LogP contribution in [0.5, 0.6) is 0 Å². The second-order valence-electron chi connectivity index (χ2n) is 37.6. The Morgan fingerprint density at radius 3 is 1.01 bits per heavy atom. The van der Waals surface area contributed by atoms with Crippen LogP contribution in [-0.2, 0) is 21.7 Å². The second-order valence-corrected chi connectivity index (χ2v) is 38.0. The van der Waals surface area contributed by atoms with E-state index in [0.29, 0.717) is 10.8 Å². The first-order chi connectivity index (χ1) is 59.7. The normalized spacial score (nSPS) is 21.2. The minimum Gasteiger partial charge on any atom is -0.355 e. The average Bonchev–Trinajstić information content (AvgIpc) is 1.28. The van der Waals surface area contributed by atoms with Gasteiger partial charge in [0.15, 0.2) is 0 Å². The summed E-state index contributed by atoms with van der Waals surface area (Å²) in [5, 5.41) is 4.43. The molecule has 4 nitrogen and oxygen atoms in total. The Hall–Kier alpha value is -12.2. The van der Waals surface area contributed by atoms with Crippen molar-refractivity contribution >= 4 is 74.2 Å². The van der Waals surface area contributed by atoms with E-state index in [0.717, 1.165) is 80.3 Å². The topological polar surface area (TPSA) is 21.8 Å². The first kappa shape index (κ1) is 78.3. The third-order valence-electron chi connectivity index (χ3n) is 28.9. The van der Waals surface area contributed by atoms with E-state index in [1.807, 2.05) is 30.3 Å². The Kier molecular flexibility index (Phi) is 21.2. The summed E-state index contributed by atoms with van der Waals surface area (Å²) >= 11 is 6.16. The quantitative estimate of drug-likeness (QED) is 0.110. The molecular formula is C117H109ClN4. The molecule has 0 saturated heterocycles. The highest BCUT2D eigenvalue weighted by Crippen LogP contribution is 2.63. The van der Waals surface area contributed by atoms with E-state index in [-0.39, 0.29) is 10.8 Å². The zero-order valence-electron chi connectivity index (χ0n) is 71.0. The standard InChI is InChI=1S/C55H50N2.C28H28ClN.C27H23N.C7H8/c1-54(2)51-19-11-9-18-49(51)50-30-29-47(34-52(50)54)57(53-20-12-10-17-48(53)41-13-5-3-6-14-41)46-27-25-45(26-28-46)56(43-15-7-4-8-16-43)44-23-21-42(22-24-44)55-35-38-31-39(36-55)33-40(32-38)37-55;29-24-8-12-27(13-9-24)30(25-4-2-1-3-5-25)26-10-6-23(7-11-26)28-17-20-14-21(18-28)16-22(15-20)19-28;1-27(2)24-14-8-6-13-22(24)23-17-16-20(18-25(23)27)28-26-15-9-7-12-21(26)19-10-4-3-5-11-19;1-7-5-3-2-4-6-7/h3-30,34,38-40H,31-33,35-37H2,1-2H3;1-13,20-22H,14-19H2;3-18,28H,1-2H3;2-6H,1H3. The molecule has 0 aromatic heterocycles. The molecule has 0 spiro atoms. The number of para-hydroxylation sites is 4. The smallest absolute Gasteiger partial charge is 0.0540 e.